The van der Waals surface area contributed by atoms with Crippen LogP contribution in [0.25, 0.3) is 21.9 Å². The van der Waals surface area contributed by atoms with E-state index in [0.717, 1.165) is 27.5 Å². The lowest BCUT2D eigenvalue weighted by Crippen LogP contribution is -2.24. The van der Waals surface area contributed by atoms with Gasteiger partial charge in [0.25, 0.3) is 5.91 Å². The van der Waals surface area contributed by atoms with Crippen LogP contribution in [0.4, 0.5) is 4.39 Å². The van der Waals surface area contributed by atoms with Gasteiger partial charge in [-0.25, -0.2) is 4.39 Å². The van der Waals surface area contributed by atoms with Gasteiger partial charge in [0.15, 0.2) is 0 Å². The number of hydrogen-bond donors (Lipinski definition) is 0. The van der Waals surface area contributed by atoms with Gasteiger partial charge in [-0.1, -0.05) is 54.6 Å². The highest BCUT2D eigenvalue weighted by Crippen LogP contribution is 2.28. The molecule has 0 spiro atoms. The maximum Gasteiger partial charge on any atom is 0.273 e. The minimum Gasteiger partial charge on any atom is -0.328 e. The van der Waals surface area contributed by atoms with E-state index >= 15 is 0 Å². The van der Waals surface area contributed by atoms with E-state index in [0.29, 0.717) is 17.8 Å². The Bertz CT molecular complexity index is 1220. The number of amides is 1. The Morgan fingerprint density at radius 1 is 0.893 bits per heavy atom. The van der Waals surface area contributed by atoms with E-state index in [2.05, 4.69) is 17.1 Å². The van der Waals surface area contributed by atoms with Crippen LogP contribution >= 0.6 is 0 Å². The quantitative estimate of drug-likeness (QED) is 0.498. The van der Waals surface area contributed by atoms with Gasteiger partial charge < -0.3 is 4.90 Å². The summed E-state index contributed by atoms with van der Waals surface area (Å²) in [6.07, 6.45) is 1.61. The summed E-state index contributed by atoms with van der Waals surface area (Å²) in [6, 6.07) is 23.1. The molecule has 2 heterocycles. The number of aromatic nitrogens is 1. The van der Waals surface area contributed by atoms with Crippen molar-refractivity contribution in [1.29, 1.82) is 0 Å². The van der Waals surface area contributed by atoms with Crippen LogP contribution < -0.4 is 0 Å². The summed E-state index contributed by atoms with van der Waals surface area (Å²) in [5.74, 6) is -0.448. The molecule has 3 aromatic carbocycles. The molecule has 1 aromatic heterocycles. The van der Waals surface area contributed by atoms with Crippen LogP contribution in [-0.4, -0.2) is 15.8 Å². The SMILES string of the molecule is O=C1c2ncccc2CN1Cc1ccc(-c2ccc3ccccc3c2)cc1F. The van der Waals surface area contributed by atoms with Crippen LogP contribution in [0, 0.1) is 5.82 Å². The fourth-order valence-electron chi connectivity index (χ4n) is 3.74. The molecule has 3 nitrogen and oxygen atoms in total. The van der Waals surface area contributed by atoms with Gasteiger partial charge in [-0.2, -0.15) is 0 Å². The Hall–Kier alpha value is -3.53. The number of pyridine rings is 1. The topological polar surface area (TPSA) is 33.2 Å². The van der Waals surface area contributed by atoms with E-state index in [1.807, 2.05) is 48.5 Å². The van der Waals surface area contributed by atoms with Crippen molar-refractivity contribution in [2.45, 2.75) is 13.1 Å². The first-order chi connectivity index (χ1) is 13.7. The van der Waals surface area contributed by atoms with Gasteiger partial charge in [-0.15, -0.1) is 0 Å². The van der Waals surface area contributed by atoms with Gasteiger partial charge in [0, 0.05) is 30.4 Å². The van der Waals surface area contributed by atoms with Crippen LogP contribution in [0.5, 0.6) is 0 Å². The van der Waals surface area contributed by atoms with Gasteiger partial charge in [0.1, 0.15) is 11.5 Å². The number of benzene rings is 3. The molecule has 0 fully saturated rings. The highest BCUT2D eigenvalue weighted by molar-refractivity contribution is 5.96. The molecule has 1 amide bonds. The largest absolute Gasteiger partial charge is 0.328 e. The Balaban J connectivity index is 1.41. The molecule has 0 bridgehead atoms. The normalized spacial score (nSPS) is 13.2. The minimum absolute atomic E-state index is 0.145. The van der Waals surface area contributed by atoms with Gasteiger partial charge in [-0.3, -0.25) is 9.78 Å². The number of fused-ring (bicyclic) bond motifs is 2. The summed E-state index contributed by atoms with van der Waals surface area (Å²) in [7, 11) is 0. The Labute approximate surface area is 162 Å². The van der Waals surface area contributed by atoms with Crippen LogP contribution in [0.3, 0.4) is 0 Å². The van der Waals surface area contributed by atoms with Crippen LogP contribution in [0.15, 0.2) is 79.0 Å². The van der Waals surface area contributed by atoms with Crippen molar-refractivity contribution < 1.29 is 9.18 Å². The number of nitrogens with zero attached hydrogens (tertiary/aromatic N) is 2. The Kier molecular flexibility index (Phi) is 3.90. The fraction of sp³-hybridized carbons (Fsp3) is 0.0833. The van der Waals surface area contributed by atoms with Gasteiger partial charge in [-0.05, 0) is 40.1 Å². The predicted molar refractivity (Wildman–Crippen MR) is 107 cm³/mol. The van der Waals surface area contributed by atoms with Crippen molar-refractivity contribution in [3.05, 3.63) is 102 Å². The van der Waals surface area contributed by atoms with E-state index in [1.54, 1.807) is 23.2 Å². The van der Waals surface area contributed by atoms with Crippen LogP contribution in [0.2, 0.25) is 0 Å². The van der Waals surface area contributed by atoms with Crippen molar-refractivity contribution in [2.24, 2.45) is 0 Å². The minimum atomic E-state index is -0.303. The number of carbonyl (C=O) groups is 1. The second-order valence-corrected chi connectivity index (χ2v) is 7.04. The first-order valence-electron chi connectivity index (χ1n) is 9.20. The fourth-order valence-corrected chi connectivity index (χ4v) is 3.74. The average molecular weight is 368 g/mol. The molecule has 0 saturated heterocycles. The van der Waals surface area contributed by atoms with E-state index in [-0.39, 0.29) is 18.3 Å². The lowest BCUT2D eigenvalue weighted by Gasteiger charge is -2.16. The first kappa shape index (κ1) is 16.6. The highest BCUT2D eigenvalue weighted by Gasteiger charge is 2.28. The lowest BCUT2D eigenvalue weighted by molar-refractivity contribution is 0.0761. The van der Waals surface area contributed by atoms with Crippen molar-refractivity contribution >= 4 is 16.7 Å². The molecule has 0 atom stereocenters. The van der Waals surface area contributed by atoms with E-state index in [4.69, 9.17) is 0 Å². The van der Waals surface area contributed by atoms with Gasteiger partial charge in [0.2, 0.25) is 0 Å². The third-order valence-electron chi connectivity index (χ3n) is 5.24. The summed E-state index contributed by atoms with van der Waals surface area (Å²) in [6.45, 7) is 0.701. The first-order valence-corrected chi connectivity index (χ1v) is 9.20. The summed E-state index contributed by atoms with van der Waals surface area (Å²) >= 11 is 0. The van der Waals surface area contributed by atoms with Crippen molar-refractivity contribution in [3.63, 3.8) is 0 Å². The second-order valence-electron chi connectivity index (χ2n) is 7.04. The van der Waals surface area contributed by atoms with Crippen molar-refractivity contribution in [1.82, 2.24) is 9.88 Å². The molecule has 1 aliphatic rings. The molecule has 0 saturated carbocycles. The number of rotatable bonds is 3. The Morgan fingerprint density at radius 2 is 1.68 bits per heavy atom. The maximum absolute atomic E-state index is 14.8. The van der Waals surface area contributed by atoms with Crippen LogP contribution in [-0.2, 0) is 13.1 Å². The molecule has 5 rings (SSSR count). The zero-order valence-corrected chi connectivity index (χ0v) is 15.1. The smallest absolute Gasteiger partial charge is 0.273 e. The third kappa shape index (κ3) is 2.83. The maximum atomic E-state index is 14.8. The molecule has 28 heavy (non-hydrogen) atoms. The monoisotopic (exact) mass is 368 g/mol. The molecule has 4 heteroatoms. The summed E-state index contributed by atoms with van der Waals surface area (Å²) < 4.78 is 14.8. The molecule has 1 aliphatic heterocycles. The third-order valence-corrected chi connectivity index (χ3v) is 5.24. The summed E-state index contributed by atoms with van der Waals surface area (Å²) in [5.41, 5.74) is 3.66. The van der Waals surface area contributed by atoms with Crippen molar-refractivity contribution in [3.8, 4) is 11.1 Å². The van der Waals surface area contributed by atoms with Gasteiger partial charge >= 0.3 is 0 Å². The van der Waals surface area contributed by atoms with E-state index in [1.165, 1.54) is 0 Å². The second kappa shape index (κ2) is 6.57. The summed E-state index contributed by atoms with van der Waals surface area (Å²) in [4.78, 5) is 18.2. The number of carbonyl (C=O) groups excluding carboxylic acids is 1. The lowest BCUT2D eigenvalue weighted by atomic mass is 10.00. The molecule has 0 unspecified atom stereocenters. The average Bonchev–Trinajstić information content (AvgIpc) is 3.05. The molecule has 0 N–H and O–H groups in total. The highest BCUT2D eigenvalue weighted by atomic mass is 19.1. The molecule has 4 aromatic rings. The molecular weight excluding hydrogens is 351 g/mol. The van der Waals surface area contributed by atoms with E-state index < -0.39 is 0 Å². The number of hydrogen-bond acceptors (Lipinski definition) is 2. The van der Waals surface area contributed by atoms with Crippen LogP contribution in [0.1, 0.15) is 21.6 Å². The zero-order valence-electron chi connectivity index (χ0n) is 15.1. The predicted octanol–water partition coefficient (Wildman–Crippen LogP) is 5.20. The molecular formula is C24H17FN2O. The van der Waals surface area contributed by atoms with Gasteiger partial charge in [0.05, 0.1) is 0 Å². The van der Waals surface area contributed by atoms with E-state index in [9.17, 15) is 9.18 Å². The number of halogens is 1. The molecule has 0 radical (unpaired) electrons. The standard InChI is InChI=1S/C24H17FN2O/c25-22-13-19(18-8-7-16-4-1-2-5-17(16)12-18)9-10-20(22)14-27-15-21-6-3-11-26-23(21)24(27)28/h1-13H,14-15H2. The molecule has 136 valence electrons. The summed E-state index contributed by atoms with van der Waals surface area (Å²) in [5, 5.41) is 2.28. The van der Waals surface area contributed by atoms with Crippen molar-refractivity contribution in [2.75, 3.05) is 0 Å². The zero-order chi connectivity index (χ0) is 19.1. The Morgan fingerprint density at radius 3 is 2.50 bits per heavy atom. The molecule has 0 aliphatic carbocycles.